The predicted molar refractivity (Wildman–Crippen MR) is 129 cm³/mol. The van der Waals surface area contributed by atoms with Crippen molar-refractivity contribution in [1.82, 2.24) is 4.98 Å². The third kappa shape index (κ3) is 5.06. The molecule has 1 unspecified atom stereocenters. The van der Waals surface area contributed by atoms with E-state index in [2.05, 4.69) is 56.7 Å². The minimum Gasteiger partial charge on any atom is -0.459 e. The zero-order chi connectivity index (χ0) is 21.8. The lowest BCUT2D eigenvalue weighted by atomic mass is 9.99. The van der Waals surface area contributed by atoms with Crippen LogP contribution in [0.1, 0.15) is 45.1 Å². The average molecular weight is 496 g/mol. The standard InChI is InChI=1S/C24H22BrN3O2S/c1-3-18-14-19(24(31-18)28-23(29)20-5-4-12-30-20)22(16-6-8-17(25)9-7-16)27-21-13-15(2)10-11-26-21/h4-14,22H,3H2,1-2H3,(H,26,27)(H,28,29). The molecule has 5 nitrogen and oxygen atoms in total. The predicted octanol–water partition coefficient (Wildman–Crippen LogP) is 6.82. The van der Waals surface area contributed by atoms with Gasteiger partial charge in [-0.2, -0.15) is 0 Å². The van der Waals surface area contributed by atoms with E-state index < -0.39 is 0 Å². The van der Waals surface area contributed by atoms with Crippen molar-refractivity contribution in [3.05, 3.63) is 98.9 Å². The number of furan rings is 1. The molecule has 4 aromatic rings. The largest absolute Gasteiger partial charge is 0.459 e. The molecule has 4 rings (SSSR count). The van der Waals surface area contributed by atoms with Gasteiger partial charge in [0.15, 0.2) is 5.76 Å². The highest BCUT2D eigenvalue weighted by atomic mass is 79.9. The lowest BCUT2D eigenvalue weighted by Gasteiger charge is -2.21. The second-order valence-corrected chi connectivity index (χ2v) is 9.18. The lowest BCUT2D eigenvalue weighted by Crippen LogP contribution is -2.17. The van der Waals surface area contributed by atoms with Gasteiger partial charge in [0, 0.05) is 21.1 Å². The minimum absolute atomic E-state index is 0.189. The van der Waals surface area contributed by atoms with E-state index in [1.165, 1.54) is 11.1 Å². The van der Waals surface area contributed by atoms with Gasteiger partial charge in [-0.1, -0.05) is 35.0 Å². The van der Waals surface area contributed by atoms with Crippen molar-refractivity contribution in [2.45, 2.75) is 26.3 Å². The van der Waals surface area contributed by atoms with Gasteiger partial charge in [-0.25, -0.2) is 4.98 Å². The number of hydrogen-bond donors (Lipinski definition) is 2. The fraction of sp³-hybridized carbons (Fsp3) is 0.167. The van der Waals surface area contributed by atoms with Gasteiger partial charge in [0.25, 0.3) is 5.91 Å². The Kier molecular flexibility index (Phi) is 6.53. The number of amides is 1. The molecule has 0 aliphatic rings. The number of aryl methyl sites for hydroxylation is 2. The first kappa shape index (κ1) is 21.3. The Morgan fingerprint density at radius 3 is 2.68 bits per heavy atom. The topological polar surface area (TPSA) is 67.2 Å². The van der Waals surface area contributed by atoms with Crippen molar-refractivity contribution >= 4 is 44.0 Å². The number of carbonyl (C=O) groups excluding carboxylic acids is 1. The first-order valence-electron chi connectivity index (χ1n) is 9.95. The summed E-state index contributed by atoms with van der Waals surface area (Å²) in [4.78, 5) is 18.4. The first-order valence-corrected chi connectivity index (χ1v) is 11.6. The molecule has 0 bridgehead atoms. The molecular weight excluding hydrogens is 474 g/mol. The van der Waals surface area contributed by atoms with Crippen LogP contribution < -0.4 is 10.6 Å². The smallest absolute Gasteiger partial charge is 0.291 e. The number of anilines is 2. The van der Waals surface area contributed by atoms with Gasteiger partial charge in [0.2, 0.25) is 0 Å². The number of benzene rings is 1. The maximum Gasteiger partial charge on any atom is 0.291 e. The Balaban J connectivity index is 1.75. The van der Waals surface area contributed by atoms with Gasteiger partial charge < -0.3 is 15.1 Å². The highest BCUT2D eigenvalue weighted by Crippen LogP contribution is 2.38. The molecule has 0 aliphatic carbocycles. The van der Waals surface area contributed by atoms with Crippen LogP contribution in [0.2, 0.25) is 0 Å². The van der Waals surface area contributed by atoms with E-state index >= 15 is 0 Å². The molecule has 158 valence electrons. The molecule has 3 heterocycles. The van der Waals surface area contributed by atoms with Crippen molar-refractivity contribution in [3.8, 4) is 0 Å². The SMILES string of the molecule is CCc1cc(C(Nc2cc(C)ccn2)c2ccc(Br)cc2)c(NC(=O)c2ccco2)s1. The summed E-state index contributed by atoms with van der Waals surface area (Å²) in [5.41, 5.74) is 3.19. The van der Waals surface area contributed by atoms with Gasteiger partial charge in [-0.3, -0.25) is 4.79 Å². The van der Waals surface area contributed by atoms with Crippen LogP contribution in [-0.2, 0) is 6.42 Å². The molecule has 0 saturated carbocycles. The zero-order valence-corrected chi connectivity index (χ0v) is 19.6. The molecule has 0 fully saturated rings. The maximum absolute atomic E-state index is 12.7. The number of pyridine rings is 1. The molecule has 0 spiro atoms. The Morgan fingerprint density at radius 2 is 2.00 bits per heavy atom. The molecule has 2 N–H and O–H groups in total. The van der Waals surface area contributed by atoms with Crippen LogP contribution in [0.5, 0.6) is 0 Å². The average Bonchev–Trinajstić information content (AvgIpc) is 3.43. The molecule has 0 aliphatic heterocycles. The van der Waals surface area contributed by atoms with Crippen LogP contribution in [0.4, 0.5) is 10.8 Å². The number of nitrogens with zero attached hydrogens (tertiary/aromatic N) is 1. The maximum atomic E-state index is 12.7. The van der Waals surface area contributed by atoms with E-state index in [1.54, 1.807) is 29.7 Å². The van der Waals surface area contributed by atoms with Gasteiger partial charge in [0.1, 0.15) is 10.8 Å². The Labute approximate surface area is 193 Å². The fourth-order valence-corrected chi connectivity index (χ4v) is 4.57. The van der Waals surface area contributed by atoms with E-state index in [0.29, 0.717) is 0 Å². The van der Waals surface area contributed by atoms with Crippen LogP contribution in [0.15, 0.2) is 75.9 Å². The highest BCUT2D eigenvalue weighted by Gasteiger charge is 2.23. The van der Waals surface area contributed by atoms with Crippen molar-refractivity contribution in [2.75, 3.05) is 10.6 Å². The number of thiophene rings is 1. The van der Waals surface area contributed by atoms with Crippen LogP contribution in [0, 0.1) is 6.92 Å². The summed E-state index contributed by atoms with van der Waals surface area (Å²) in [7, 11) is 0. The summed E-state index contributed by atoms with van der Waals surface area (Å²) in [6.45, 7) is 4.15. The van der Waals surface area contributed by atoms with Crippen molar-refractivity contribution in [3.63, 3.8) is 0 Å². The Morgan fingerprint density at radius 1 is 1.19 bits per heavy atom. The Bertz CT molecular complexity index is 1170. The number of carbonyl (C=O) groups is 1. The minimum atomic E-state index is -0.265. The van der Waals surface area contributed by atoms with Crippen LogP contribution >= 0.6 is 27.3 Å². The highest BCUT2D eigenvalue weighted by molar-refractivity contribution is 9.10. The third-order valence-electron chi connectivity index (χ3n) is 4.85. The number of aromatic nitrogens is 1. The molecule has 0 saturated heterocycles. The van der Waals surface area contributed by atoms with Crippen LogP contribution in [-0.4, -0.2) is 10.9 Å². The van der Waals surface area contributed by atoms with E-state index in [1.807, 2.05) is 31.2 Å². The number of halogens is 1. The summed E-state index contributed by atoms with van der Waals surface area (Å²) < 4.78 is 6.28. The van der Waals surface area contributed by atoms with E-state index in [9.17, 15) is 4.79 Å². The third-order valence-corrected chi connectivity index (χ3v) is 6.59. The van der Waals surface area contributed by atoms with E-state index in [4.69, 9.17) is 4.42 Å². The molecule has 1 aromatic carbocycles. The first-order chi connectivity index (χ1) is 15.0. The number of hydrogen-bond acceptors (Lipinski definition) is 5. The van der Waals surface area contributed by atoms with Gasteiger partial charge in [-0.05, 0) is 66.9 Å². The Hall–Kier alpha value is -2.90. The normalized spacial score (nSPS) is 11.8. The molecule has 7 heteroatoms. The summed E-state index contributed by atoms with van der Waals surface area (Å²) in [5.74, 6) is 0.797. The van der Waals surface area contributed by atoms with Crippen molar-refractivity contribution < 1.29 is 9.21 Å². The number of nitrogens with one attached hydrogen (secondary N) is 2. The monoisotopic (exact) mass is 495 g/mol. The second-order valence-electron chi connectivity index (χ2n) is 7.13. The molecule has 0 radical (unpaired) electrons. The summed E-state index contributed by atoms with van der Waals surface area (Å²) in [6.07, 6.45) is 4.17. The number of rotatable bonds is 7. The van der Waals surface area contributed by atoms with Crippen molar-refractivity contribution in [1.29, 1.82) is 0 Å². The molecule has 1 atom stereocenters. The zero-order valence-electron chi connectivity index (χ0n) is 17.2. The van der Waals surface area contributed by atoms with Crippen molar-refractivity contribution in [2.24, 2.45) is 0 Å². The van der Waals surface area contributed by atoms with Crippen LogP contribution in [0.25, 0.3) is 0 Å². The molecule has 31 heavy (non-hydrogen) atoms. The lowest BCUT2D eigenvalue weighted by molar-refractivity contribution is 0.0997. The van der Waals surface area contributed by atoms with Crippen LogP contribution in [0.3, 0.4) is 0 Å². The van der Waals surface area contributed by atoms with Gasteiger partial charge in [0.05, 0.1) is 12.3 Å². The van der Waals surface area contributed by atoms with E-state index in [0.717, 1.165) is 38.4 Å². The summed E-state index contributed by atoms with van der Waals surface area (Å²) >= 11 is 5.10. The molecule has 1 amide bonds. The molecular formula is C24H22BrN3O2S. The summed E-state index contributed by atoms with van der Waals surface area (Å²) in [5, 5.41) is 7.40. The van der Waals surface area contributed by atoms with E-state index in [-0.39, 0.29) is 17.7 Å². The summed E-state index contributed by atoms with van der Waals surface area (Å²) in [6, 6.07) is 17.5. The van der Waals surface area contributed by atoms with Gasteiger partial charge >= 0.3 is 0 Å². The fourth-order valence-electron chi connectivity index (χ4n) is 3.28. The second kappa shape index (κ2) is 9.49. The van der Waals surface area contributed by atoms with Gasteiger partial charge in [-0.15, -0.1) is 11.3 Å². The molecule has 3 aromatic heterocycles. The quantitative estimate of drug-likeness (QED) is 0.295.